The summed E-state index contributed by atoms with van der Waals surface area (Å²) in [4.78, 5) is 18.1. The first-order valence-corrected chi connectivity index (χ1v) is 10.1. The maximum Gasteiger partial charge on any atom is 0.227 e. The van der Waals surface area contributed by atoms with E-state index in [9.17, 15) is 9.90 Å². The molecule has 3 N–H and O–H groups in total. The van der Waals surface area contributed by atoms with Crippen molar-refractivity contribution in [1.82, 2.24) is 4.98 Å². The Kier molecular flexibility index (Phi) is 4.34. The van der Waals surface area contributed by atoms with E-state index in [-0.39, 0.29) is 11.5 Å². The summed E-state index contributed by atoms with van der Waals surface area (Å²) in [6.07, 6.45) is 1.40. The van der Waals surface area contributed by atoms with Crippen LogP contribution >= 0.6 is 11.3 Å². The van der Waals surface area contributed by atoms with Crippen molar-refractivity contribution in [2.24, 2.45) is 0 Å². The van der Waals surface area contributed by atoms with E-state index in [0.717, 1.165) is 26.8 Å². The summed E-state index contributed by atoms with van der Waals surface area (Å²) in [7, 11) is 0. The number of anilines is 1. The third-order valence-corrected chi connectivity index (χ3v) is 6.01. The highest BCUT2D eigenvalue weighted by molar-refractivity contribution is 7.21. The molecule has 0 unspecified atom stereocenters. The number of carbonyl (C=O) groups excluding carboxylic acids is 1. The van der Waals surface area contributed by atoms with Gasteiger partial charge in [-0.1, -0.05) is 42.5 Å². The maximum atomic E-state index is 13.3. The van der Waals surface area contributed by atoms with Crippen LogP contribution in [0, 0.1) is 0 Å². The molecule has 5 aromatic rings. The number of nitrogens with two attached hydrogens (primary N) is 1. The van der Waals surface area contributed by atoms with Gasteiger partial charge in [-0.15, -0.1) is 11.3 Å². The van der Waals surface area contributed by atoms with Gasteiger partial charge < -0.3 is 15.3 Å². The van der Waals surface area contributed by atoms with Crippen LogP contribution in [0.3, 0.4) is 0 Å². The molecule has 0 atom stereocenters. The molecule has 0 saturated heterocycles. The highest BCUT2D eigenvalue weighted by Crippen LogP contribution is 2.41. The Morgan fingerprint density at radius 1 is 0.967 bits per heavy atom. The second kappa shape index (κ2) is 7.17. The molecule has 5 rings (SSSR count). The predicted molar refractivity (Wildman–Crippen MR) is 119 cm³/mol. The lowest BCUT2D eigenvalue weighted by molar-refractivity contribution is 0.104. The molecule has 146 valence electrons. The Bertz CT molecular complexity index is 1370. The predicted octanol–water partition coefficient (Wildman–Crippen LogP) is 5.74. The molecule has 0 bridgehead atoms. The molecular formula is C24H16N2O3S. The molecule has 5 nitrogen and oxygen atoms in total. The molecule has 0 aliphatic heterocycles. The van der Waals surface area contributed by atoms with Gasteiger partial charge in [0.05, 0.1) is 4.88 Å². The Balaban J connectivity index is 1.66. The number of carbonyl (C=O) groups is 1. The molecule has 30 heavy (non-hydrogen) atoms. The average Bonchev–Trinajstić information content (AvgIpc) is 3.37. The van der Waals surface area contributed by atoms with Crippen LogP contribution in [-0.2, 0) is 0 Å². The largest absolute Gasteiger partial charge is 0.508 e. The lowest BCUT2D eigenvalue weighted by Crippen LogP contribution is -2.00. The SMILES string of the molecule is Nc1coc(-c2ccc(-c3c(C(=O)c4ccccc4)sc4cc(O)ccc34)cc2)n1. The molecule has 2 aromatic heterocycles. The van der Waals surface area contributed by atoms with Crippen LogP contribution in [0.1, 0.15) is 15.2 Å². The summed E-state index contributed by atoms with van der Waals surface area (Å²) in [5.74, 6) is 0.898. The molecule has 0 fully saturated rings. The lowest BCUT2D eigenvalue weighted by Gasteiger charge is -2.06. The highest BCUT2D eigenvalue weighted by Gasteiger charge is 2.21. The van der Waals surface area contributed by atoms with Crippen LogP contribution in [0.25, 0.3) is 32.7 Å². The number of ketones is 1. The Morgan fingerprint density at radius 3 is 2.40 bits per heavy atom. The monoisotopic (exact) mass is 412 g/mol. The highest BCUT2D eigenvalue weighted by atomic mass is 32.1. The molecule has 0 saturated carbocycles. The van der Waals surface area contributed by atoms with E-state index in [4.69, 9.17) is 10.2 Å². The lowest BCUT2D eigenvalue weighted by atomic mass is 9.97. The van der Waals surface area contributed by atoms with Crippen LogP contribution in [0.5, 0.6) is 5.75 Å². The molecule has 6 heteroatoms. The smallest absolute Gasteiger partial charge is 0.227 e. The van der Waals surface area contributed by atoms with E-state index in [1.165, 1.54) is 17.6 Å². The quantitative estimate of drug-likeness (QED) is 0.367. The number of phenols is 1. The van der Waals surface area contributed by atoms with Crippen LogP contribution in [0.2, 0.25) is 0 Å². The summed E-state index contributed by atoms with van der Waals surface area (Å²) >= 11 is 1.38. The summed E-state index contributed by atoms with van der Waals surface area (Å²) in [5, 5.41) is 10.8. The van der Waals surface area contributed by atoms with Crippen molar-refractivity contribution in [3.05, 3.63) is 89.5 Å². The minimum atomic E-state index is -0.0455. The molecular weight excluding hydrogens is 396 g/mol. The van der Waals surface area contributed by atoms with Crippen LogP contribution < -0.4 is 5.73 Å². The minimum Gasteiger partial charge on any atom is -0.508 e. The molecule has 0 amide bonds. The fourth-order valence-electron chi connectivity index (χ4n) is 3.45. The molecule has 0 radical (unpaired) electrons. The molecule has 0 spiro atoms. The van der Waals surface area contributed by atoms with Gasteiger partial charge in [0.25, 0.3) is 0 Å². The van der Waals surface area contributed by atoms with Crippen LogP contribution in [0.15, 0.2) is 83.5 Å². The van der Waals surface area contributed by atoms with E-state index in [0.29, 0.717) is 22.1 Å². The number of aromatic hydroxyl groups is 1. The van der Waals surface area contributed by atoms with Gasteiger partial charge in [-0.2, -0.15) is 4.98 Å². The number of aromatic nitrogens is 1. The standard InChI is InChI=1S/C24H16N2O3S/c25-20-13-29-24(26-20)16-8-6-14(7-9-16)21-18-11-10-17(27)12-19(18)30-23(21)22(28)15-4-2-1-3-5-15/h1-13,27H,25H2. The van der Waals surface area contributed by atoms with Gasteiger partial charge in [0, 0.05) is 26.8 Å². The minimum absolute atomic E-state index is 0.0455. The van der Waals surface area contributed by atoms with Crippen molar-refractivity contribution in [1.29, 1.82) is 0 Å². The van der Waals surface area contributed by atoms with E-state index in [1.807, 2.05) is 60.7 Å². The van der Waals surface area contributed by atoms with Crippen molar-refractivity contribution < 1.29 is 14.3 Å². The fraction of sp³-hybridized carbons (Fsp3) is 0. The summed E-state index contributed by atoms with van der Waals surface area (Å²) < 4.78 is 6.22. The van der Waals surface area contributed by atoms with Gasteiger partial charge in [0.1, 0.15) is 12.0 Å². The van der Waals surface area contributed by atoms with Gasteiger partial charge in [-0.05, 0) is 35.9 Å². The first-order chi connectivity index (χ1) is 14.6. The number of benzene rings is 3. The van der Waals surface area contributed by atoms with Crippen molar-refractivity contribution in [3.63, 3.8) is 0 Å². The number of phenolic OH excluding ortho intramolecular Hbond substituents is 1. The van der Waals surface area contributed by atoms with Crippen molar-refractivity contribution >= 4 is 33.0 Å². The zero-order valence-electron chi connectivity index (χ0n) is 15.7. The maximum absolute atomic E-state index is 13.3. The Hall–Kier alpha value is -3.90. The number of hydrogen-bond acceptors (Lipinski definition) is 6. The average molecular weight is 412 g/mol. The van der Waals surface area contributed by atoms with Crippen molar-refractivity contribution in [2.75, 3.05) is 5.73 Å². The first-order valence-electron chi connectivity index (χ1n) is 9.27. The van der Waals surface area contributed by atoms with Gasteiger partial charge in [-0.25, -0.2) is 0 Å². The third kappa shape index (κ3) is 3.13. The second-order valence-corrected chi connectivity index (χ2v) is 7.89. The summed E-state index contributed by atoms with van der Waals surface area (Å²) in [6.45, 7) is 0. The fourth-order valence-corrected chi connectivity index (χ4v) is 4.67. The van der Waals surface area contributed by atoms with Gasteiger partial charge in [0.15, 0.2) is 5.82 Å². The van der Waals surface area contributed by atoms with Crippen LogP contribution in [0.4, 0.5) is 5.82 Å². The number of thiophene rings is 1. The number of hydrogen-bond donors (Lipinski definition) is 2. The van der Waals surface area contributed by atoms with Crippen molar-refractivity contribution in [3.8, 4) is 28.3 Å². The molecule has 3 aromatic carbocycles. The van der Waals surface area contributed by atoms with E-state index >= 15 is 0 Å². The van der Waals surface area contributed by atoms with Crippen molar-refractivity contribution in [2.45, 2.75) is 0 Å². The zero-order chi connectivity index (χ0) is 20.7. The van der Waals surface area contributed by atoms with Crippen LogP contribution in [-0.4, -0.2) is 15.9 Å². The zero-order valence-corrected chi connectivity index (χ0v) is 16.5. The third-order valence-electron chi connectivity index (χ3n) is 4.86. The first kappa shape index (κ1) is 18.1. The number of nitrogens with zero attached hydrogens (tertiary/aromatic N) is 1. The number of oxazole rings is 1. The number of nitrogen functional groups attached to an aromatic ring is 1. The van der Waals surface area contributed by atoms with Gasteiger partial charge in [-0.3, -0.25) is 4.79 Å². The van der Waals surface area contributed by atoms with Gasteiger partial charge >= 0.3 is 0 Å². The van der Waals surface area contributed by atoms with E-state index < -0.39 is 0 Å². The second-order valence-electron chi connectivity index (χ2n) is 6.84. The topological polar surface area (TPSA) is 89.3 Å². The summed E-state index contributed by atoms with van der Waals surface area (Å²) in [6, 6.07) is 22.0. The van der Waals surface area contributed by atoms with Gasteiger partial charge in [0.2, 0.25) is 11.7 Å². The number of fused-ring (bicyclic) bond motifs is 1. The molecule has 0 aliphatic rings. The molecule has 2 heterocycles. The molecule has 0 aliphatic carbocycles. The van der Waals surface area contributed by atoms with E-state index in [1.54, 1.807) is 12.1 Å². The normalized spacial score (nSPS) is 11.1. The Labute approximate surface area is 176 Å². The van der Waals surface area contributed by atoms with E-state index in [2.05, 4.69) is 4.98 Å². The summed E-state index contributed by atoms with van der Waals surface area (Å²) in [5.41, 5.74) is 8.81. The number of rotatable bonds is 4. The Morgan fingerprint density at radius 2 is 1.70 bits per heavy atom.